The van der Waals surface area contributed by atoms with E-state index in [1.165, 1.54) is 32.2 Å². The maximum atomic E-state index is 10.5. The Kier molecular flexibility index (Phi) is 5.81. The summed E-state index contributed by atoms with van der Waals surface area (Å²) in [6.45, 7) is 6.70. The number of carbonyl (C=O) groups is 1. The molecule has 0 aliphatic carbocycles. The third-order valence-electron chi connectivity index (χ3n) is 3.65. The minimum absolute atomic E-state index is 0.311. The molecule has 0 saturated carbocycles. The standard InChI is InChI=1S/C13H25NO2/c1-3-6-11(2)12-7-4-9-14(12)10-5-8-13(15)16/h11-12H,3-10H2,1-2H3,(H,15,16). The Morgan fingerprint density at radius 2 is 2.31 bits per heavy atom. The van der Waals surface area contributed by atoms with Crippen molar-refractivity contribution in [3.8, 4) is 0 Å². The van der Waals surface area contributed by atoms with Crippen LogP contribution in [0, 0.1) is 5.92 Å². The predicted molar refractivity (Wildman–Crippen MR) is 65.5 cm³/mol. The van der Waals surface area contributed by atoms with Crippen LogP contribution in [-0.2, 0) is 4.79 Å². The van der Waals surface area contributed by atoms with Gasteiger partial charge in [-0.2, -0.15) is 0 Å². The second-order valence-corrected chi connectivity index (χ2v) is 5.01. The van der Waals surface area contributed by atoms with Crippen molar-refractivity contribution in [2.75, 3.05) is 13.1 Å². The number of hydrogen-bond donors (Lipinski definition) is 1. The molecule has 0 spiro atoms. The number of nitrogens with zero attached hydrogens (tertiary/aromatic N) is 1. The highest BCUT2D eigenvalue weighted by molar-refractivity contribution is 5.66. The lowest BCUT2D eigenvalue weighted by atomic mass is 9.95. The van der Waals surface area contributed by atoms with Gasteiger partial charge >= 0.3 is 5.97 Å². The fourth-order valence-electron chi connectivity index (χ4n) is 2.86. The van der Waals surface area contributed by atoms with Gasteiger partial charge < -0.3 is 10.0 Å². The Hall–Kier alpha value is -0.570. The van der Waals surface area contributed by atoms with E-state index in [-0.39, 0.29) is 0 Å². The van der Waals surface area contributed by atoms with E-state index in [9.17, 15) is 4.79 Å². The number of rotatable bonds is 7. The zero-order valence-corrected chi connectivity index (χ0v) is 10.6. The summed E-state index contributed by atoms with van der Waals surface area (Å²) in [5, 5.41) is 8.63. The maximum Gasteiger partial charge on any atom is 0.303 e. The smallest absolute Gasteiger partial charge is 0.303 e. The van der Waals surface area contributed by atoms with Crippen LogP contribution in [0.4, 0.5) is 0 Å². The van der Waals surface area contributed by atoms with E-state index in [0.717, 1.165) is 18.9 Å². The Bertz CT molecular complexity index is 218. The quantitative estimate of drug-likeness (QED) is 0.727. The Balaban J connectivity index is 2.31. The summed E-state index contributed by atoms with van der Waals surface area (Å²) in [6.07, 6.45) is 6.23. The summed E-state index contributed by atoms with van der Waals surface area (Å²) < 4.78 is 0. The van der Waals surface area contributed by atoms with E-state index in [1.54, 1.807) is 0 Å². The molecular weight excluding hydrogens is 202 g/mol. The van der Waals surface area contributed by atoms with E-state index in [4.69, 9.17) is 5.11 Å². The molecule has 0 aromatic carbocycles. The summed E-state index contributed by atoms with van der Waals surface area (Å²) in [5.74, 6) is 0.0923. The fourth-order valence-corrected chi connectivity index (χ4v) is 2.86. The molecule has 1 heterocycles. The topological polar surface area (TPSA) is 40.5 Å². The Labute approximate surface area is 98.8 Å². The number of carboxylic acid groups (broad SMARTS) is 1. The third-order valence-corrected chi connectivity index (χ3v) is 3.65. The van der Waals surface area contributed by atoms with Crippen molar-refractivity contribution in [2.45, 2.75) is 58.4 Å². The summed E-state index contributed by atoms with van der Waals surface area (Å²) in [4.78, 5) is 13.0. The molecule has 1 saturated heterocycles. The van der Waals surface area contributed by atoms with Gasteiger partial charge in [-0.25, -0.2) is 0 Å². The van der Waals surface area contributed by atoms with Crippen LogP contribution in [0.1, 0.15) is 52.4 Å². The van der Waals surface area contributed by atoms with Crippen molar-refractivity contribution >= 4 is 5.97 Å². The van der Waals surface area contributed by atoms with Crippen LogP contribution in [0.25, 0.3) is 0 Å². The highest BCUT2D eigenvalue weighted by Gasteiger charge is 2.28. The molecule has 94 valence electrons. The van der Waals surface area contributed by atoms with Crippen LogP contribution in [0.3, 0.4) is 0 Å². The van der Waals surface area contributed by atoms with Crippen molar-refractivity contribution < 1.29 is 9.90 Å². The van der Waals surface area contributed by atoms with Crippen LogP contribution in [0.15, 0.2) is 0 Å². The van der Waals surface area contributed by atoms with Crippen molar-refractivity contribution in [3.05, 3.63) is 0 Å². The lowest BCUT2D eigenvalue weighted by molar-refractivity contribution is -0.137. The minimum atomic E-state index is -0.669. The van der Waals surface area contributed by atoms with Crippen molar-refractivity contribution in [1.82, 2.24) is 4.90 Å². The fraction of sp³-hybridized carbons (Fsp3) is 0.923. The molecule has 3 heteroatoms. The van der Waals surface area contributed by atoms with Crippen LogP contribution < -0.4 is 0 Å². The first kappa shape index (κ1) is 13.5. The van der Waals surface area contributed by atoms with Crippen LogP contribution in [0.2, 0.25) is 0 Å². The number of aliphatic carboxylic acids is 1. The molecule has 2 unspecified atom stereocenters. The van der Waals surface area contributed by atoms with Crippen LogP contribution in [0.5, 0.6) is 0 Å². The highest BCUT2D eigenvalue weighted by Crippen LogP contribution is 2.26. The molecule has 1 aliphatic heterocycles. The normalized spacial score (nSPS) is 23.5. The summed E-state index contributed by atoms with van der Waals surface area (Å²) >= 11 is 0. The lowest BCUT2D eigenvalue weighted by Gasteiger charge is -2.29. The van der Waals surface area contributed by atoms with E-state index >= 15 is 0 Å². The van der Waals surface area contributed by atoms with Gasteiger partial charge in [0.05, 0.1) is 0 Å². The summed E-state index contributed by atoms with van der Waals surface area (Å²) in [6, 6.07) is 0.703. The Morgan fingerprint density at radius 3 is 2.94 bits per heavy atom. The van der Waals surface area contributed by atoms with E-state index in [0.29, 0.717) is 12.5 Å². The number of likely N-dealkylation sites (tertiary alicyclic amines) is 1. The van der Waals surface area contributed by atoms with Gasteiger partial charge in [-0.15, -0.1) is 0 Å². The van der Waals surface area contributed by atoms with Crippen LogP contribution >= 0.6 is 0 Å². The van der Waals surface area contributed by atoms with Gasteiger partial charge in [-0.05, 0) is 44.7 Å². The molecule has 2 atom stereocenters. The van der Waals surface area contributed by atoms with Gasteiger partial charge in [0.15, 0.2) is 0 Å². The van der Waals surface area contributed by atoms with Gasteiger partial charge in [-0.1, -0.05) is 20.3 Å². The van der Waals surface area contributed by atoms with Gasteiger partial charge in [0.2, 0.25) is 0 Å². The second-order valence-electron chi connectivity index (χ2n) is 5.01. The van der Waals surface area contributed by atoms with E-state index in [1.807, 2.05) is 0 Å². The average Bonchev–Trinajstić information content (AvgIpc) is 2.66. The van der Waals surface area contributed by atoms with Gasteiger partial charge in [0.25, 0.3) is 0 Å². The van der Waals surface area contributed by atoms with Gasteiger partial charge in [-0.3, -0.25) is 4.79 Å². The SMILES string of the molecule is CCCC(C)C1CCCN1CCCC(=O)O. The third kappa shape index (κ3) is 4.12. The predicted octanol–water partition coefficient (Wildman–Crippen LogP) is 2.75. The van der Waals surface area contributed by atoms with E-state index < -0.39 is 5.97 Å². The zero-order valence-electron chi connectivity index (χ0n) is 10.6. The molecule has 0 aromatic heterocycles. The molecule has 1 rings (SSSR count). The highest BCUT2D eigenvalue weighted by atomic mass is 16.4. The average molecular weight is 227 g/mol. The molecule has 16 heavy (non-hydrogen) atoms. The molecule has 1 fully saturated rings. The monoisotopic (exact) mass is 227 g/mol. The molecule has 0 radical (unpaired) electrons. The Morgan fingerprint density at radius 1 is 1.56 bits per heavy atom. The first-order chi connectivity index (χ1) is 7.65. The van der Waals surface area contributed by atoms with Crippen molar-refractivity contribution in [3.63, 3.8) is 0 Å². The molecule has 1 aliphatic rings. The molecule has 0 amide bonds. The summed E-state index contributed by atoms with van der Waals surface area (Å²) in [5.41, 5.74) is 0. The minimum Gasteiger partial charge on any atom is -0.481 e. The zero-order chi connectivity index (χ0) is 12.0. The van der Waals surface area contributed by atoms with E-state index in [2.05, 4.69) is 18.7 Å². The number of hydrogen-bond acceptors (Lipinski definition) is 2. The molecule has 3 nitrogen and oxygen atoms in total. The number of carboxylic acids is 1. The summed E-state index contributed by atoms with van der Waals surface area (Å²) in [7, 11) is 0. The van der Waals surface area contributed by atoms with Crippen molar-refractivity contribution in [2.24, 2.45) is 5.92 Å². The second kappa shape index (κ2) is 6.89. The molecule has 0 bridgehead atoms. The largest absolute Gasteiger partial charge is 0.481 e. The van der Waals surface area contributed by atoms with Gasteiger partial charge in [0, 0.05) is 12.5 Å². The molecular formula is C13H25NO2. The maximum absolute atomic E-state index is 10.5. The van der Waals surface area contributed by atoms with Gasteiger partial charge in [0.1, 0.15) is 0 Å². The first-order valence-corrected chi connectivity index (χ1v) is 6.61. The first-order valence-electron chi connectivity index (χ1n) is 6.61. The molecule has 0 aromatic rings. The van der Waals surface area contributed by atoms with Crippen molar-refractivity contribution in [1.29, 1.82) is 0 Å². The molecule has 1 N–H and O–H groups in total. The van der Waals surface area contributed by atoms with Crippen LogP contribution in [-0.4, -0.2) is 35.1 Å². The lowest BCUT2D eigenvalue weighted by Crippen LogP contribution is -2.35.